The predicted molar refractivity (Wildman–Crippen MR) is 64.1 cm³/mol. The first kappa shape index (κ1) is 14.2. The van der Waals surface area contributed by atoms with Crippen molar-refractivity contribution in [3.05, 3.63) is 29.8 Å². The zero-order valence-electron chi connectivity index (χ0n) is 10.2. The number of hydrogen-bond acceptors (Lipinski definition) is 3. The number of carboxylic acid groups (broad SMARTS) is 1. The molecule has 0 bridgehead atoms. The van der Waals surface area contributed by atoms with E-state index in [9.17, 15) is 23.5 Å². The van der Waals surface area contributed by atoms with Crippen LogP contribution in [0.15, 0.2) is 18.2 Å². The second-order valence-electron chi connectivity index (χ2n) is 4.45. The van der Waals surface area contributed by atoms with Gasteiger partial charge in [0, 0.05) is 24.7 Å². The van der Waals surface area contributed by atoms with Crippen LogP contribution in [0, 0.1) is 11.6 Å². The van der Waals surface area contributed by atoms with Gasteiger partial charge < -0.3 is 20.4 Å². The van der Waals surface area contributed by atoms with E-state index in [-0.39, 0.29) is 18.7 Å². The van der Waals surface area contributed by atoms with Crippen molar-refractivity contribution >= 4 is 17.7 Å². The van der Waals surface area contributed by atoms with Gasteiger partial charge in [-0.15, -0.1) is 0 Å². The lowest BCUT2D eigenvalue weighted by Crippen LogP contribution is -2.43. The Morgan fingerprint density at radius 2 is 2.00 bits per heavy atom. The van der Waals surface area contributed by atoms with Crippen LogP contribution in [0.25, 0.3) is 0 Å². The third-order valence-electron chi connectivity index (χ3n) is 3.00. The third kappa shape index (κ3) is 2.85. The van der Waals surface area contributed by atoms with Crippen molar-refractivity contribution < 1.29 is 28.6 Å². The molecule has 1 aromatic carbocycles. The Morgan fingerprint density at radius 1 is 1.30 bits per heavy atom. The van der Waals surface area contributed by atoms with E-state index in [4.69, 9.17) is 5.11 Å². The van der Waals surface area contributed by atoms with Crippen LogP contribution < -0.4 is 5.32 Å². The number of likely N-dealkylation sites (tertiary alicyclic amines) is 1. The fraction of sp³-hybridized carbons (Fsp3) is 0.333. The Balaban J connectivity index is 2.11. The van der Waals surface area contributed by atoms with Crippen LogP contribution in [0.5, 0.6) is 0 Å². The minimum Gasteiger partial charge on any atom is -0.480 e. The van der Waals surface area contributed by atoms with E-state index in [2.05, 4.69) is 5.32 Å². The number of carbonyl (C=O) groups excluding carboxylic acids is 1. The van der Waals surface area contributed by atoms with Gasteiger partial charge in [-0.1, -0.05) is 0 Å². The van der Waals surface area contributed by atoms with Crippen LogP contribution in [0.4, 0.5) is 19.3 Å². The zero-order chi connectivity index (χ0) is 14.9. The number of urea groups is 1. The Morgan fingerprint density at radius 3 is 2.60 bits per heavy atom. The monoisotopic (exact) mass is 286 g/mol. The quantitative estimate of drug-likeness (QED) is 0.757. The van der Waals surface area contributed by atoms with Crippen molar-refractivity contribution in [1.82, 2.24) is 4.90 Å². The molecule has 2 atom stereocenters. The Hall–Kier alpha value is -2.22. The van der Waals surface area contributed by atoms with Crippen molar-refractivity contribution in [2.24, 2.45) is 0 Å². The van der Waals surface area contributed by atoms with Gasteiger partial charge in [-0.05, 0) is 12.1 Å². The first-order valence-electron chi connectivity index (χ1n) is 5.82. The summed E-state index contributed by atoms with van der Waals surface area (Å²) in [5, 5.41) is 20.6. The molecule has 1 unspecified atom stereocenters. The van der Waals surface area contributed by atoms with Crippen LogP contribution in [-0.2, 0) is 4.79 Å². The van der Waals surface area contributed by atoms with Gasteiger partial charge >= 0.3 is 12.0 Å². The summed E-state index contributed by atoms with van der Waals surface area (Å²) in [5.41, 5.74) is -0.000529. The van der Waals surface area contributed by atoms with Gasteiger partial charge in [0.1, 0.15) is 6.04 Å². The molecule has 2 amide bonds. The molecule has 20 heavy (non-hydrogen) atoms. The SMILES string of the molecule is O=C(O)[C@@H]1CC(O)CN1C(=O)Nc1ccc(F)c(F)c1. The van der Waals surface area contributed by atoms with Crippen molar-refractivity contribution in [2.45, 2.75) is 18.6 Å². The molecule has 1 aliphatic rings. The molecule has 0 saturated carbocycles. The van der Waals surface area contributed by atoms with Crippen LogP contribution in [-0.4, -0.2) is 45.8 Å². The highest BCUT2D eigenvalue weighted by atomic mass is 19.2. The molecule has 0 radical (unpaired) electrons. The summed E-state index contributed by atoms with van der Waals surface area (Å²) in [6, 6.07) is 0.849. The van der Waals surface area contributed by atoms with E-state index in [0.29, 0.717) is 0 Å². The molecule has 2 rings (SSSR count). The number of halogens is 2. The lowest BCUT2D eigenvalue weighted by atomic mass is 10.2. The number of hydrogen-bond donors (Lipinski definition) is 3. The van der Waals surface area contributed by atoms with Crippen molar-refractivity contribution in [3.63, 3.8) is 0 Å². The Bertz CT molecular complexity index is 552. The average molecular weight is 286 g/mol. The highest BCUT2D eigenvalue weighted by Gasteiger charge is 2.39. The van der Waals surface area contributed by atoms with Gasteiger partial charge in [0.15, 0.2) is 11.6 Å². The normalized spacial score (nSPS) is 21.9. The minimum absolute atomic E-state index is 0.000529. The number of benzene rings is 1. The molecule has 108 valence electrons. The van der Waals surface area contributed by atoms with Gasteiger partial charge in [-0.25, -0.2) is 18.4 Å². The largest absolute Gasteiger partial charge is 0.480 e. The lowest BCUT2D eigenvalue weighted by Gasteiger charge is -2.21. The summed E-state index contributed by atoms with van der Waals surface area (Å²) in [4.78, 5) is 23.8. The maximum absolute atomic E-state index is 13.0. The van der Waals surface area contributed by atoms with Crippen LogP contribution in [0.3, 0.4) is 0 Å². The predicted octanol–water partition coefficient (Wildman–Crippen LogP) is 1.02. The maximum Gasteiger partial charge on any atom is 0.326 e. The number of amides is 2. The summed E-state index contributed by atoms with van der Waals surface area (Å²) in [7, 11) is 0. The second kappa shape index (κ2) is 5.41. The molecular weight excluding hydrogens is 274 g/mol. The molecule has 6 nitrogen and oxygen atoms in total. The number of rotatable bonds is 2. The molecule has 1 aliphatic heterocycles. The van der Waals surface area contributed by atoms with Crippen LogP contribution >= 0.6 is 0 Å². The van der Waals surface area contributed by atoms with E-state index >= 15 is 0 Å². The number of carboxylic acids is 1. The number of anilines is 1. The number of nitrogens with zero attached hydrogens (tertiary/aromatic N) is 1. The van der Waals surface area contributed by atoms with Gasteiger partial charge in [0.25, 0.3) is 0 Å². The summed E-state index contributed by atoms with van der Waals surface area (Å²) in [6.45, 7) is -0.132. The fourth-order valence-electron chi connectivity index (χ4n) is 2.04. The summed E-state index contributed by atoms with van der Waals surface area (Å²) < 4.78 is 25.7. The molecule has 1 saturated heterocycles. The van der Waals surface area contributed by atoms with Gasteiger partial charge in [0.2, 0.25) is 0 Å². The molecule has 1 fully saturated rings. The van der Waals surface area contributed by atoms with E-state index in [1.54, 1.807) is 0 Å². The van der Waals surface area contributed by atoms with Crippen molar-refractivity contribution in [3.8, 4) is 0 Å². The van der Waals surface area contributed by atoms with E-state index in [1.807, 2.05) is 0 Å². The third-order valence-corrected chi connectivity index (χ3v) is 3.00. The number of nitrogens with one attached hydrogen (secondary N) is 1. The number of carbonyl (C=O) groups is 2. The maximum atomic E-state index is 13.0. The standard InChI is InChI=1S/C12H12F2N2O4/c13-8-2-1-6(3-9(8)14)15-12(20)16-5-7(17)4-10(16)11(18)19/h1-3,7,10,17H,4-5H2,(H,15,20)(H,18,19)/t7?,10-/m0/s1. The highest BCUT2D eigenvalue weighted by molar-refractivity contribution is 5.92. The molecule has 1 heterocycles. The minimum atomic E-state index is -1.23. The second-order valence-corrected chi connectivity index (χ2v) is 4.45. The van der Waals surface area contributed by atoms with Crippen LogP contribution in [0.1, 0.15) is 6.42 Å². The smallest absolute Gasteiger partial charge is 0.326 e. The summed E-state index contributed by atoms with van der Waals surface area (Å²) in [6.07, 6.45) is -0.993. The fourth-order valence-corrected chi connectivity index (χ4v) is 2.04. The highest BCUT2D eigenvalue weighted by Crippen LogP contribution is 2.20. The molecule has 0 spiro atoms. The van der Waals surface area contributed by atoms with Crippen molar-refractivity contribution in [1.29, 1.82) is 0 Å². The first-order chi connectivity index (χ1) is 9.38. The summed E-state index contributed by atoms with van der Waals surface area (Å²) >= 11 is 0. The van der Waals surface area contributed by atoms with Gasteiger partial charge in [0.05, 0.1) is 6.10 Å². The number of aliphatic hydroxyl groups is 1. The Labute approximate surface area is 112 Å². The van der Waals surface area contributed by atoms with Crippen molar-refractivity contribution in [2.75, 3.05) is 11.9 Å². The molecule has 8 heteroatoms. The molecule has 0 aromatic heterocycles. The topological polar surface area (TPSA) is 89.9 Å². The van der Waals surface area contributed by atoms with Gasteiger partial charge in [-0.3, -0.25) is 0 Å². The summed E-state index contributed by atoms with van der Waals surface area (Å²) in [5.74, 6) is -3.41. The van der Waals surface area contributed by atoms with Gasteiger partial charge in [-0.2, -0.15) is 0 Å². The van der Waals surface area contributed by atoms with Crippen LogP contribution in [0.2, 0.25) is 0 Å². The Kier molecular flexibility index (Phi) is 3.84. The molecule has 0 aliphatic carbocycles. The first-order valence-corrected chi connectivity index (χ1v) is 5.82. The molecule has 1 aromatic rings. The van der Waals surface area contributed by atoms with E-state index < -0.39 is 35.8 Å². The zero-order valence-corrected chi connectivity index (χ0v) is 10.2. The van der Waals surface area contributed by atoms with E-state index in [1.165, 1.54) is 0 Å². The average Bonchev–Trinajstić information content (AvgIpc) is 2.76. The number of β-amino-alcohol motifs (C(OH)–C–C–N with tert-alkyl or cyclic N) is 1. The lowest BCUT2D eigenvalue weighted by molar-refractivity contribution is -0.141. The van der Waals surface area contributed by atoms with E-state index in [0.717, 1.165) is 23.1 Å². The molecular formula is C12H12F2N2O4. The molecule has 3 N–H and O–H groups in total. The number of aliphatic carboxylic acids is 1. The number of aliphatic hydroxyl groups excluding tert-OH is 1.